The minimum atomic E-state index is 0.869. The van der Waals surface area contributed by atoms with E-state index in [-0.39, 0.29) is 0 Å². The van der Waals surface area contributed by atoms with E-state index >= 15 is 0 Å². The fourth-order valence-corrected chi connectivity index (χ4v) is 3.30. The lowest BCUT2D eigenvalue weighted by molar-refractivity contribution is 0.312. The van der Waals surface area contributed by atoms with Crippen molar-refractivity contribution in [1.82, 2.24) is 4.90 Å². The second-order valence-corrected chi connectivity index (χ2v) is 6.66. The predicted molar refractivity (Wildman–Crippen MR) is 80.1 cm³/mol. The topological polar surface area (TPSA) is 6.48 Å². The van der Waals surface area contributed by atoms with Crippen molar-refractivity contribution in [3.8, 4) is 0 Å². The lowest BCUT2D eigenvalue weighted by atomic mass is 10.0. The van der Waals surface area contributed by atoms with E-state index in [1.165, 1.54) is 51.9 Å². The Morgan fingerprint density at radius 1 is 0.895 bits per heavy atom. The van der Waals surface area contributed by atoms with E-state index in [0.29, 0.717) is 0 Å². The molecule has 0 N–H and O–H groups in total. The van der Waals surface area contributed by atoms with Crippen LogP contribution in [-0.2, 0) is 0 Å². The Labute approximate surface area is 116 Å². The quantitative estimate of drug-likeness (QED) is 0.819. The molecule has 0 spiro atoms. The highest BCUT2D eigenvalue weighted by Crippen LogP contribution is 2.48. The van der Waals surface area contributed by atoms with Gasteiger partial charge in [0.1, 0.15) is 0 Å². The summed E-state index contributed by atoms with van der Waals surface area (Å²) in [4.78, 5) is 5.05. The van der Waals surface area contributed by atoms with E-state index in [1.807, 2.05) is 0 Å². The summed E-state index contributed by atoms with van der Waals surface area (Å²) in [6, 6.07) is 7.37. The zero-order valence-electron chi connectivity index (χ0n) is 11.9. The molecular formula is C17H24N2. The number of rotatable bonds is 3. The summed E-state index contributed by atoms with van der Waals surface area (Å²) in [6.45, 7) is 4.79. The first-order chi connectivity index (χ1) is 9.31. The number of hydrogen-bond acceptors (Lipinski definition) is 2. The zero-order chi connectivity index (χ0) is 12.8. The maximum atomic E-state index is 2.62. The Morgan fingerprint density at radius 3 is 2.21 bits per heavy atom. The van der Waals surface area contributed by atoms with Crippen LogP contribution in [0.2, 0.25) is 0 Å². The van der Waals surface area contributed by atoms with E-state index in [1.54, 1.807) is 16.8 Å². The highest BCUT2D eigenvalue weighted by atomic mass is 15.2. The summed E-state index contributed by atoms with van der Waals surface area (Å²) in [7, 11) is 2.23. The predicted octanol–water partition coefficient (Wildman–Crippen LogP) is 3.19. The van der Waals surface area contributed by atoms with Gasteiger partial charge in [-0.1, -0.05) is 12.1 Å². The van der Waals surface area contributed by atoms with Crippen LogP contribution in [0.3, 0.4) is 0 Å². The van der Waals surface area contributed by atoms with Gasteiger partial charge in [-0.2, -0.15) is 0 Å². The number of piperazine rings is 1. The van der Waals surface area contributed by atoms with E-state index in [2.05, 4.69) is 35.0 Å². The van der Waals surface area contributed by atoms with Gasteiger partial charge in [-0.3, -0.25) is 0 Å². The first kappa shape index (κ1) is 11.8. The molecule has 4 rings (SSSR count). The third-order valence-corrected chi connectivity index (χ3v) is 4.96. The molecule has 0 radical (unpaired) electrons. The van der Waals surface area contributed by atoms with Crippen LogP contribution in [0.25, 0.3) is 0 Å². The number of likely N-dealkylation sites (N-methyl/N-ethyl adjacent to an activating group) is 1. The molecule has 2 nitrogen and oxygen atoms in total. The molecule has 0 aromatic heterocycles. The molecule has 3 aliphatic rings. The second-order valence-electron chi connectivity index (χ2n) is 6.66. The summed E-state index contributed by atoms with van der Waals surface area (Å²) in [6.07, 6.45) is 5.65. The molecule has 0 bridgehead atoms. The van der Waals surface area contributed by atoms with Gasteiger partial charge in [-0.15, -0.1) is 0 Å². The summed E-state index contributed by atoms with van der Waals surface area (Å²) < 4.78 is 0. The molecule has 1 saturated heterocycles. The Balaban J connectivity index is 1.62. The summed E-state index contributed by atoms with van der Waals surface area (Å²) in [5, 5.41) is 0. The van der Waals surface area contributed by atoms with E-state index in [9.17, 15) is 0 Å². The SMILES string of the molecule is CN1CCN(c2ccc(C3CC3)cc2C2CC2)CC1. The van der Waals surface area contributed by atoms with E-state index < -0.39 is 0 Å². The Hall–Kier alpha value is -1.02. The van der Waals surface area contributed by atoms with Crippen molar-refractivity contribution in [2.75, 3.05) is 38.1 Å². The number of hydrogen-bond donors (Lipinski definition) is 0. The van der Waals surface area contributed by atoms with Gasteiger partial charge in [0.05, 0.1) is 0 Å². The van der Waals surface area contributed by atoms with Crippen LogP contribution in [0.4, 0.5) is 5.69 Å². The zero-order valence-corrected chi connectivity index (χ0v) is 11.9. The molecule has 1 aliphatic heterocycles. The molecule has 2 heteroatoms. The monoisotopic (exact) mass is 256 g/mol. The van der Waals surface area contributed by atoms with Crippen molar-refractivity contribution < 1.29 is 0 Å². The third kappa shape index (κ3) is 2.38. The van der Waals surface area contributed by atoms with Gasteiger partial charge < -0.3 is 9.80 Å². The molecule has 102 valence electrons. The van der Waals surface area contributed by atoms with Gasteiger partial charge in [-0.05, 0) is 61.8 Å². The van der Waals surface area contributed by atoms with Crippen LogP contribution in [0.1, 0.15) is 48.6 Å². The highest BCUT2D eigenvalue weighted by molar-refractivity contribution is 5.58. The lowest BCUT2D eigenvalue weighted by Gasteiger charge is -2.35. The molecular weight excluding hydrogens is 232 g/mol. The molecule has 3 fully saturated rings. The number of benzene rings is 1. The van der Waals surface area contributed by atoms with Gasteiger partial charge in [0.2, 0.25) is 0 Å². The van der Waals surface area contributed by atoms with Gasteiger partial charge in [0, 0.05) is 31.9 Å². The molecule has 2 aliphatic carbocycles. The van der Waals surface area contributed by atoms with Crippen LogP contribution in [0.5, 0.6) is 0 Å². The van der Waals surface area contributed by atoms with Gasteiger partial charge in [0.25, 0.3) is 0 Å². The molecule has 0 atom stereocenters. The first-order valence-corrected chi connectivity index (χ1v) is 7.88. The van der Waals surface area contributed by atoms with E-state index in [0.717, 1.165) is 11.8 Å². The summed E-state index contributed by atoms with van der Waals surface area (Å²) in [5.41, 5.74) is 4.81. The van der Waals surface area contributed by atoms with Crippen LogP contribution in [0.15, 0.2) is 18.2 Å². The maximum absolute atomic E-state index is 2.62. The Kier molecular flexibility index (Phi) is 2.80. The van der Waals surface area contributed by atoms with Crippen LogP contribution >= 0.6 is 0 Å². The highest BCUT2D eigenvalue weighted by Gasteiger charge is 2.31. The molecule has 2 saturated carbocycles. The van der Waals surface area contributed by atoms with Crippen molar-refractivity contribution in [3.05, 3.63) is 29.3 Å². The maximum Gasteiger partial charge on any atom is 0.0402 e. The van der Waals surface area contributed by atoms with E-state index in [4.69, 9.17) is 0 Å². The first-order valence-electron chi connectivity index (χ1n) is 7.88. The number of nitrogens with zero attached hydrogens (tertiary/aromatic N) is 2. The fraction of sp³-hybridized carbons (Fsp3) is 0.647. The number of anilines is 1. The average molecular weight is 256 g/mol. The van der Waals surface area contributed by atoms with Gasteiger partial charge >= 0.3 is 0 Å². The average Bonchev–Trinajstić information content (AvgIpc) is 3.31. The molecule has 1 heterocycles. The van der Waals surface area contributed by atoms with Crippen molar-refractivity contribution in [2.45, 2.75) is 37.5 Å². The minimum Gasteiger partial charge on any atom is -0.369 e. The molecule has 1 aromatic rings. The third-order valence-electron chi connectivity index (χ3n) is 4.96. The normalized spacial score (nSPS) is 24.8. The summed E-state index contributed by atoms with van der Waals surface area (Å²) >= 11 is 0. The van der Waals surface area contributed by atoms with Gasteiger partial charge in [0.15, 0.2) is 0 Å². The van der Waals surface area contributed by atoms with Crippen molar-refractivity contribution >= 4 is 5.69 Å². The van der Waals surface area contributed by atoms with Crippen molar-refractivity contribution in [3.63, 3.8) is 0 Å². The second kappa shape index (κ2) is 4.52. The molecule has 0 unspecified atom stereocenters. The molecule has 0 amide bonds. The standard InChI is InChI=1S/C17H24N2/c1-18-8-10-19(11-9-18)17-7-6-15(13-2-3-13)12-16(17)14-4-5-14/h6-7,12-14H,2-5,8-11H2,1H3. The van der Waals surface area contributed by atoms with Crippen molar-refractivity contribution in [2.24, 2.45) is 0 Å². The largest absolute Gasteiger partial charge is 0.369 e. The van der Waals surface area contributed by atoms with Crippen LogP contribution in [0, 0.1) is 0 Å². The van der Waals surface area contributed by atoms with Crippen LogP contribution < -0.4 is 4.90 Å². The van der Waals surface area contributed by atoms with Crippen molar-refractivity contribution in [1.29, 1.82) is 0 Å². The van der Waals surface area contributed by atoms with Gasteiger partial charge in [-0.25, -0.2) is 0 Å². The summed E-state index contributed by atoms with van der Waals surface area (Å²) in [5.74, 6) is 1.76. The lowest BCUT2D eigenvalue weighted by Crippen LogP contribution is -2.44. The van der Waals surface area contributed by atoms with Crippen LogP contribution in [-0.4, -0.2) is 38.1 Å². The Bertz CT molecular complexity index is 466. The molecule has 1 aromatic carbocycles. The molecule has 19 heavy (non-hydrogen) atoms. The Morgan fingerprint density at radius 2 is 1.58 bits per heavy atom. The minimum absolute atomic E-state index is 0.869. The smallest absolute Gasteiger partial charge is 0.0402 e. The fourth-order valence-electron chi connectivity index (χ4n) is 3.30.